The Balaban J connectivity index is -0.0000000448. The molecule has 1 atom stereocenters. The lowest BCUT2D eigenvalue weighted by Crippen LogP contribution is -2.44. The Bertz CT molecular complexity index is 1980. The van der Waals surface area contributed by atoms with E-state index in [2.05, 4.69) is 161 Å². The Morgan fingerprint density at radius 2 is 1.19 bits per heavy atom. The molecule has 1 unspecified atom stereocenters. The molecule has 1 aromatic rings. The fourth-order valence-electron chi connectivity index (χ4n) is 3.80. The number of terminal acetylenes is 1. The Kier molecular flexibility index (Phi) is 19.9. The average molecular weight is 791 g/mol. The molecule has 0 radical (unpaired) electrons. The van der Waals surface area contributed by atoms with Gasteiger partial charge in [-0.3, -0.25) is 0 Å². The number of hydrogen-bond donors (Lipinski definition) is 0. The van der Waals surface area contributed by atoms with Crippen LogP contribution < -0.4 is 4.52 Å². The normalized spacial score (nSPS) is 18.4. The molecule has 52 heavy (non-hydrogen) atoms. The first kappa shape index (κ1) is 44.1. The van der Waals surface area contributed by atoms with Crippen LogP contribution in [0.1, 0.15) is 90.8 Å². The highest BCUT2D eigenvalue weighted by atomic mass is 31.2. The lowest BCUT2D eigenvalue weighted by molar-refractivity contribution is -0.0711. The van der Waals surface area contributed by atoms with Gasteiger partial charge in [0.15, 0.2) is 0 Å². The van der Waals surface area contributed by atoms with Crippen molar-refractivity contribution in [1.82, 2.24) is 0 Å². The summed E-state index contributed by atoms with van der Waals surface area (Å²) in [5, 5.41) is 0. The van der Waals surface area contributed by atoms with Crippen molar-refractivity contribution in [3.63, 3.8) is 0 Å². The highest BCUT2D eigenvalue weighted by Crippen LogP contribution is 2.52. The van der Waals surface area contributed by atoms with Gasteiger partial charge in [-0.1, -0.05) is 53.7 Å². The van der Waals surface area contributed by atoms with E-state index < -0.39 is 17.2 Å². The van der Waals surface area contributed by atoms with Crippen molar-refractivity contribution in [1.29, 1.82) is 0 Å². The van der Waals surface area contributed by atoms with Crippen LogP contribution in [0.15, 0.2) is 12.1 Å². The Morgan fingerprint density at radius 3 is 1.62 bits per heavy atom. The van der Waals surface area contributed by atoms with Crippen LogP contribution in [0.25, 0.3) is 0 Å². The fourth-order valence-corrected chi connectivity index (χ4v) is 6.43. The summed E-state index contributed by atoms with van der Waals surface area (Å²) in [7, 11) is -1.24. The number of hydrogen-bond acceptors (Lipinski definition) is 8. The van der Waals surface area contributed by atoms with Gasteiger partial charge in [-0.15, -0.1) is 6.42 Å². The summed E-state index contributed by atoms with van der Waals surface area (Å²) in [6, 6.07) is 4.53. The third-order valence-corrected chi connectivity index (χ3v) is 9.06. The maximum Gasteiger partial charge on any atom is 0.406 e. The summed E-state index contributed by atoms with van der Waals surface area (Å²) in [5.74, 6) is 40.2. The minimum absolute atomic E-state index is 0. The first-order valence-electron chi connectivity index (χ1n) is 15.8. The molecule has 11 heteroatoms. The molecule has 1 aromatic carbocycles. The third kappa shape index (κ3) is 17.0. The fraction of sp³-hybridized carbons (Fsp3) is 0.415. The molecule has 3 rings (SSSR count). The van der Waals surface area contributed by atoms with Crippen LogP contribution >= 0.6 is 26.2 Å². The molecule has 0 aliphatic carbocycles. The molecule has 2 aliphatic heterocycles. The van der Waals surface area contributed by atoms with Gasteiger partial charge in [0.1, 0.15) is 11.9 Å². The maximum absolute atomic E-state index is 5.91. The predicted molar refractivity (Wildman–Crippen MR) is 246 cm³/mol. The van der Waals surface area contributed by atoms with Gasteiger partial charge in [-0.2, -0.15) is 0 Å². The van der Waals surface area contributed by atoms with E-state index in [0.29, 0.717) is 33.0 Å². The summed E-state index contributed by atoms with van der Waals surface area (Å²) in [4.78, 5) is 0. The van der Waals surface area contributed by atoms with Crippen LogP contribution in [0.2, 0.25) is 0 Å². The van der Waals surface area contributed by atoms with Gasteiger partial charge in [0.05, 0.1) is 38.4 Å². The molecule has 2 aliphatic rings. The molecule has 0 amide bonds. The Morgan fingerprint density at radius 1 is 0.731 bits per heavy atom. The van der Waals surface area contributed by atoms with E-state index in [1.165, 1.54) is 23.8 Å². The molecule has 8 nitrogen and oxygen atoms in total. The Hall–Kier alpha value is -4.09. The van der Waals surface area contributed by atoms with Crippen LogP contribution in [0, 0.1) is 120 Å². The number of benzene rings is 1. The molecule has 0 saturated carbocycles. The molecule has 2 fully saturated rings. The quantitative estimate of drug-likeness (QED) is 0.160. The van der Waals surface area contributed by atoms with Crippen molar-refractivity contribution in [2.45, 2.75) is 66.2 Å². The van der Waals surface area contributed by atoms with Crippen LogP contribution in [0.5, 0.6) is 5.75 Å². The smallest absolute Gasteiger partial charge is 0.406 e. The van der Waals surface area contributed by atoms with Gasteiger partial charge in [0, 0.05) is 85.7 Å². The van der Waals surface area contributed by atoms with Crippen molar-refractivity contribution in [2.24, 2.45) is 5.41 Å². The van der Waals surface area contributed by atoms with Crippen LogP contribution in [0.3, 0.4) is 0 Å². The summed E-state index contributed by atoms with van der Waals surface area (Å²) in [5.41, 5.74) is 3.64. The summed E-state index contributed by atoms with van der Waals surface area (Å²) in [6.45, 7) is 19.8. The molecule has 2 saturated heterocycles. The van der Waals surface area contributed by atoms with Gasteiger partial charge < -0.3 is 36.2 Å². The second-order valence-electron chi connectivity index (χ2n) is 12.7. The molecule has 1 spiro atoms. The number of aryl methyl sites for hydroxylation is 1. The van der Waals surface area contributed by atoms with Crippen molar-refractivity contribution >= 4 is 26.2 Å². The van der Waals surface area contributed by atoms with Gasteiger partial charge >= 0.3 is 17.2 Å². The highest BCUT2D eigenvalue weighted by Gasteiger charge is 2.44. The SMILES string of the molecule is C#CC#CC#CC#CC#CC#CC#CC#CC#COP1OCC2(COP(OC)OC2)CO1.CCOPOc1c(C)cc(C(C)(C)C)cc1C(C)(C)C.[HH].[HH].[HH].[HH].[HH].[HH].[HH].[HH].[HH].[HH].[HH].[HH].[HH].[HH].[HH].[HH].[HH].[HH]. The van der Waals surface area contributed by atoms with Crippen molar-refractivity contribution in [3.05, 3.63) is 28.8 Å². The van der Waals surface area contributed by atoms with Gasteiger partial charge in [-0.05, 0) is 83.2 Å². The largest absolute Gasteiger partial charge is 0.449 e. The van der Waals surface area contributed by atoms with E-state index >= 15 is 0 Å². The first-order chi connectivity index (χ1) is 24.8. The van der Waals surface area contributed by atoms with Crippen molar-refractivity contribution < 1.29 is 61.9 Å². The maximum atomic E-state index is 5.91. The summed E-state index contributed by atoms with van der Waals surface area (Å²) in [6.07, 6.45) is 7.35. The molecular formula is C41H77O8P3. The van der Waals surface area contributed by atoms with E-state index in [4.69, 9.17) is 42.6 Å². The molecule has 304 valence electrons. The van der Waals surface area contributed by atoms with E-state index in [0.717, 1.165) is 5.75 Å². The molecule has 0 N–H and O–H groups in total. The zero-order chi connectivity index (χ0) is 38.3. The summed E-state index contributed by atoms with van der Waals surface area (Å²) < 4.78 is 43.6. The van der Waals surface area contributed by atoms with E-state index in [1.54, 1.807) is 0 Å². The van der Waals surface area contributed by atoms with Gasteiger partial charge in [-0.25, -0.2) is 0 Å². The van der Waals surface area contributed by atoms with Gasteiger partial charge in [0.25, 0.3) is 0 Å². The zero-order valence-electron chi connectivity index (χ0n) is 30.9. The molecule has 2 heterocycles. The molecule has 0 aromatic heterocycles. The zero-order valence-corrected chi connectivity index (χ0v) is 33.7. The minimum Gasteiger partial charge on any atom is -0.449 e. The predicted octanol–water partition coefficient (Wildman–Crippen LogP) is 11.7. The van der Waals surface area contributed by atoms with Crippen molar-refractivity contribution in [3.8, 4) is 113 Å². The molecule has 0 bridgehead atoms. The third-order valence-electron chi connectivity index (χ3n) is 6.47. The van der Waals surface area contributed by atoms with E-state index in [9.17, 15) is 0 Å². The first-order valence-corrected chi connectivity index (χ1v) is 18.8. The minimum atomic E-state index is -1.57. The van der Waals surface area contributed by atoms with Crippen LogP contribution in [-0.4, -0.2) is 40.1 Å². The second-order valence-corrected chi connectivity index (χ2v) is 15.9. The molecular weight excluding hydrogens is 713 g/mol. The Labute approximate surface area is 341 Å². The monoisotopic (exact) mass is 790 g/mol. The van der Waals surface area contributed by atoms with Gasteiger partial charge in [0.2, 0.25) is 9.03 Å². The summed E-state index contributed by atoms with van der Waals surface area (Å²) >= 11 is 0. The number of rotatable bonds is 6. The lowest BCUT2D eigenvalue weighted by Gasteiger charge is -2.40. The average Bonchev–Trinajstić information content (AvgIpc) is 3.11. The van der Waals surface area contributed by atoms with E-state index in [1.807, 2.05) is 6.92 Å². The second kappa shape index (κ2) is 23.5. The highest BCUT2D eigenvalue weighted by molar-refractivity contribution is 7.42. The van der Waals surface area contributed by atoms with Crippen LogP contribution in [-0.2, 0) is 42.5 Å². The topological polar surface area (TPSA) is 73.8 Å². The lowest BCUT2D eigenvalue weighted by atomic mass is 9.79. The van der Waals surface area contributed by atoms with Crippen LogP contribution in [0.4, 0.5) is 0 Å². The standard InChI is InChI=1S/C24H12O6P2.C17H29O2P.18H2/c1-3-4-5-6-7-8-9-10-11-12-13-14-15-16-17-18-19-26-32-29-22-24(23-30-32)20-27-31(25-2)28-21-24;1-9-18-20-19-15-12(2)10-13(16(3,4)5)11-14(15)17(6,7)8;;;;;;;;;;;;;;;;;;/h1H,20-23H2,2H3;10-11,20H,9H2,1-8H3;18*1H. The van der Waals surface area contributed by atoms with E-state index in [-0.39, 0.29) is 51.0 Å². The van der Waals surface area contributed by atoms with Crippen molar-refractivity contribution in [2.75, 3.05) is 40.1 Å².